The number of nitrogens with one attached hydrogen (secondary N) is 2. The van der Waals surface area contributed by atoms with Gasteiger partial charge in [0.15, 0.2) is 0 Å². The van der Waals surface area contributed by atoms with Crippen molar-refractivity contribution in [1.82, 2.24) is 10.3 Å². The first kappa shape index (κ1) is 14.7. The van der Waals surface area contributed by atoms with Gasteiger partial charge >= 0.3 is 0 Å². The maximum atomic E-state index is 12.2. The molecule has 1 unspecified atom stereocenters. The lowest BCUT2D eigenvalue weighted by molar-refractivity contribution is -0.120. The van der Waals surface area contributed by atoms with Crippen LogP contribution < -0.4 is 10.6 Å². The number of anilines is 1. The fourth-order valence-corrected chi connectivity index (χ4v) is 2.76. The molecule has 1 atom stereocenters. The molecule has 0 saturated carbocycles. The summed E-state index contributed by atoms with van der Waals surface area (Å²) in [6, 6.07) is 12.1. The first-order valence-electron chi connectivity index (χ1n) is 7.81. The van der Waals surface area contributed by atoms with Gasteiger partial charge in [0, 0.05) is 24.6 Å². The van der Waals surface area contributed by atoms with Crippen LogP contribution in [-0.4, -0.2) is 24.0 Å². The first-order chi connectivity index (χ1) is 10.8. The molecule has 2 heterocycles. The van der Waals surface area contributed by atoms with Crippen LogP contribution in [-0.2, 0) is 11.2 Å². The number of hydrogen-bond donors (Lipinski definition) is 2. The second-order valence-corrected chi connectivity index (χ2v) is 5.76. The van der Waals surface area contributed by atoms with Gasteiger partial charge in [-0.3, -0.25) is 9.78 Å². The normalized spacial score (nSPS) is 17.9. The summed E-state index contributed by atoms with van der Waals surface area (Å²) in [5, 5.41) is 6.29. The molecule has 114 valence electrons. The van der Waals surface area contributed by atoms with Crippen molar-refractivity contribution < 1.29 is 4.79 Å². The van der Waals surface area contributed by atoms with E-state index in [0.717, 1.165) is 38.0 Å². The van der Waals surface area contributed by atoms with Gasteiger partial charge in [-0.15, -0.1) is 0 Å². The van der Waals surface area contributed by atoms with Gasteiger partial charge in [0.05, 0.1) is 5.92 Å². The van der Waals surface area contributed by atoms with Crippen LogP contribution in [0.5, 0.6) is 0 Å². The first-order valence-corrected chi connectivity index (χ1v) is 7.81. The maximum Gasteiger partial charge on any atom is 0.228 e. The average molecular weight is 295 g/mol. The standard InChI is InChI=1S/C18H21N3O/c22-18(16-2-1-9-20-13-16)21-17-5-3-14(4-6-17)12-15-7-10-19-11-8-15/h3-8,10-11,16,20H,1-2,9,12-13H2,(H,21,22). The summed E-state index contributed by atoms with van der Waals surface area (Å²) in [6.45, 7) is 1.81. The molecule has 1 aromatic heterocycles. The topological polar surface area (TPSA) is 54.0 Å². The van der Waals surface area contributed by atoms with Crippen molar-refractivity contribution in [3.05, 3.63) is 59.9 Å². The van der Waals surface area contributed by atoms with Crippen molar-refractivity contribution in [2.75, 3.05) is 18.4 Å². The Kier molecular flexibility index (Phi) is 4.81. The highest BCUT2D eigenvalue weighted by molar-refractivity contribution is 5.92. The minimum absolute atomic E-state index is 0.0882. The Hall–Kier alpha value is -2.20. The van der Waals surface area contributed by atoms with E-state index in [1.165, 1.54) is 11.1 Å². The van der Waals surface area contributed by atoms with Gasteiger partial charge in [-0.1, -0.05) is 12.1 Å². The van der Waals surface area contributed by atoms with Crippen molar-refractivity contribution in [2.45, 2.75) is 19.3 Å². The Morgan fingerprint density at radius 1 is 1.14 bits per heavy atom. The van der Waals surface area contributed by atoms with Gasteiger partial charge in [0.25, 0.3) is 0 Å². The van der Waals surface area contributed by atoms with Gasteiger partial charge in [-0.25, -0.2) is 0 Å². The second kappa shape index (κ2) is 7.18. The van der Waals surface area contributed by atoms with Crippen LogP contribution in [0.1, 0.15) is 24.0 Å². The molecule has 1 aliphatic heterocycles. The number of carbonyl (C=O) groups is 1. The van der Waals surface area contributed by atoms with Crippen LogP contribution in [0.15, 0.2) is 48.8 Å². The van der Waals surface area contributed by atoms with E-state index in [4.69, 9.17) is 0 Å². The predicted octanol–water partition coefficient (Wildman–Crippen LogP) is 2.61. The minimum Gasteiger partial charge on any atom is -0.326 e. The highest BCUT2D eigenvalue weighted by Gasteiger charge is 2.20. The summed E-state index contributed by atoms with van der Waals surface area (Å²) in [5.74, 6) is 0.208. The Balaban J connectivity index is 1.58. The maximum absolute atomic E-state index is 12.2. The fraction of sp³-hybridized carbons (Fsp3) is 0.333. The number of nitrogens with zero attached hydrogens (tertiary/aromatic N) is 1. The number of piperidine rings is 1. The molecule has 4 nitrogen and oxygen atoms in total. The van der Waals surface area contributed by atoms with E-state index in [1.807, 2.05) is 36.7 Å². The third-order valence-corrected chi connectivity index (χ3v) is 4.05. The largest absolute Gasteiger partial charge is 0.326 e. The number of carbonyl (C=O) groups excluding carboxylic acids is 1. The van der Waals surface area contributed by atoms with Crippen LogP contribution in [0.2, 0.25) is 0 Å². The van der Waals surface area contributed by atoms with Crippen LogP contribution in [0, 0.1) is 5.92 Å². The van der Waals surface area contributed by atoms with E-state index in [9.17, 15) is 4.79 Å². The molecule has 22 heavy (non-hydrogen) atoms. The number of aromatic nitrogens is 1. The van der Waals surface area contributed by atoms with Crippen LogP contribution >= 0.6 is 0 Å². The zero-order valence-corrected chi connectivity index (χ0v) is 12.6. The highest BCUT2D eigenvalue weighted by atomic mass is 16.1. The van der Waals surface area contributed by atoms with E-state index in [0.29, 0.717) is 0 Å². The molecule has 0 spiro atoms. The molecule has 0 radical (unpaired) electrons. The lowest BCUT2D eigenvalue weighted by Crippen LogP contribution is -2.37. The number of benzene rings is 1. The van der Waals surface area contributed by atoms with Gasteiger partial charge in [0.2, 0.25) is 5.91 Å². The molecule has 3 rings (SSSR count). The predicted molar refractivity (Wildman–Crippen MR) is 87.7 cm³/mol. The van der Waals surface area contributed by atoms with Gasteiger partial charge in [-0.2, -0.15) is 0 Å². The van der Waals surface area contributed by atoms with Crippen LogP contribution in [0.25, 0.3) is 0 Å². The Morgan fingerprint density at radius 3 is 2.55 bits per heavy atom. The quantitative estimate of drug-likeness (QED) is 0.911. The smallest absolute Gasteiger partial charge is 0.228 e. The number of pyridine rings is 1. The Morgan fingerprint density at radius 2 is 1.86 bits per heavy atom. The van der Waals surface area contributed by atoms with E-state index in [2.05, 4.69) is 27.8 Å². The highest BCUT2D eigenvalue weighted by Crippen LogP contribution is 2.16. The summed E-state index contributed by atoms with van der Waals surface area (Å²) in [7, 11) is 0. The lowest BCUT2D eigenvalue weighted by atomic mass is 9.98. The molecule has 1 fully saturated rings. The molecule has 1 saturated heterocycles. The molecule has 2 aromatic rings. The van der Waals surface area contributed by atoms with Crippen molar-refractivity contribution >= 4 is 11.6 Å². The number of hydrogen-bond acceptors (Lipinski definition) is 3. The summed E-state index contributed by atoms with van der Waals surface area (Å²) >= 11 is 0. The molecule has 4 heteroatoms. The van der Waals surface area contributed by atoms with Crippen molar-refractivity contribution in [3.8, 4) is 0 Å². The molecule has 0 aliphatic carbocycles. The summed E-state index contributed by atoms with van der Waals surface area (Å²) in [5.41, 5.74) is 3.33. The summed E-state index contributed by atoms with van der Waals surface area (Å²) in [6.07, 6.45) is 6.54. The zero-order valence-electron chi connectivity index (χ0n) is 12.6. The summed E-state index contributed by atoms with van der Waals surface area (Å²) < 4.78 is 0. The fourth-order valence-electron chi connectivity index (χ4n) is 2.76. The molecule has 1 amide bonds. The van der Waals surface area contributed by atoms with E-state index in [1.54, 1.807) is 0 Å². The molecular weight excluding hydrogens is 274 g/mol. The lowest BCUT2D eigenvalue weighted by Gasteiger charge is -2.21. The molecular formula is C18H21N3O. The SMILES string of the molecule is O=C(Nc1ccc(Cc2ccncc2)cc1)C1CCCNC1. The second-order valence-electron chi connectivity index (χ2n) is 5.76. The Bertz CT molecular complexity index is 604. The van der Waals surface area contributed by atoms with E-state index in [-0.39, 0.29) is 11.8 Å². The third-order valence-electron chi connectivity index (χ3n) is 4.05. The summed E-state index contributed by atoms with van der Waals surface area (Å²) in [4.78, 5) is 16.2. The van der Waals surface area contributed by atoms with Gasteiger partial charge < -0.3 is 10.6 Å². The van der Waals surface area contributed by atoms with Crippen LogP contribution in [0.3, 0.4) is 0 Å². The minimum atomic E-state index is 0.0882. The van der Waals surface area contributed by atoms with Crippen molar-refractivity contribution in [3.63, 3.8) is 0 Å². The molecule has 1 aliphatic rings. The molecule has 1 aromatic carbocycles. The Labute approximate surface area is 131 Å². The van der Waals surface area contributed by atoms with Crippen molar-refractivity contribution in [1.29, 1.82) is 0 Å². The molecule has 2 N–H and O–H groups in total. The third kappa shape index (κ3) is 3.92. The zero-order chi connectivity index (χ0) is 15.2. The van der Waals surface area contributed by atoms with Crippen molar-refractivity contribution in [2.24, 2.45) is 5.92 Å². The van der Waals surface area contributed by atoms with E-state index >= 15 is 0 Å². The molecule has 0 bridgehead atoms. The van der Waals surface area contributed by atoms with Gasteiger partial charge in [0.1, 0.15) is 0 Å². The van der Waals surface area contributed by atoms with Gasteiger partial charge in [-0.05, 0) is 61.2 Å². The number of rotatable bonds is 4. The number of amides is 1. The monoisotopic (exact) mass is 295 g/mol. The van der Waals surface area contributed by atoms with Crippen LogP contribution in [0.4, 0.5) is 5.69 Å². The van der Waals surface area contributed by atoms with E-state index < -0.39 is 0 Å². The average Bonchev–Trinajstić information content (AvgIpc) is 2.58.